The largest absolute Gasteiger partial charge is 0.367 e. The fraction of sp³-hybridized carbons (Fsp3) is 0.318. The molecule has 4 rings (SSSR count). The van der Waals surface area contributed by atoms with Crippen LogP contribution in [0.3, 0.4) is 0 Å². The quantitative estimate of drug-likeness (QED) is 0.463. The summed E-state index contributed by atoms with van der Waals surface area (Å²) in [7, 11) is -3.54. The highest BCUT2D eigenvalue weighted by Crippen LogP contribution is 2.24. The van der Waals surface area contributed by atoms with Gasteiger partial charge in [-0.25, -0.2) is 18.1 Å². The Morgan fingerprint density at radius 2 is 1.65 bits per heavy atom. The van der Waals surface area contributed by atoms with Gasteiger partial charge < -0.3 is 10.6 Å². The Morgan fingerprint density at radius 1 is 0.871 bits per heavy atom. The Morgan fingerprint density at radius 3 is 2.42 bits per heavy atom. The molecule has 3 N–H and O–H groups in total. The predicted octanol–water partition coefficient (Wildman–Crippen LogP) is 3.19. The van der Waals surface area contributed by atoms with Crippen LogP contribution in [0.5, 0.6) is 0 Å². The minimum absolute atomic E-state index is 0.244. The highest BCUT2D eigenvalue weighted by Gasteiger charge is 2.17. The van der Waals surface area contributed by atoms with Crippen LogP contribution in [0.25, 0.3) is 0 Å². The highest BCUT2D eigenvalue weighted by atomic mass is 32.2. The van der Waals surface area contributed by atoms with Gasteiger partial charge in [-0.15, -0.1) is 10.2 Å². The topological polar surface area (TPSA) is 109 Å². The molecule has 1 aliphatic rings. The molecule has 0 aliphatic heterocycles. The van der Waals surface area contributed by atoms with Crippen molar-refractivity contribution in [2.45, 2.75) is 37.5 Å². The van der Waals surface area contributed by atoms with Crippen molar-refractivity contribution in [1.29, 1.82) is 0 Å². The van der Waals surface area contributed by atoms with Crippen molar-refractivity contribution in [3.63, 3.8) is 0 Å². The smallest absolute Gasteiger partial charge is 0.240 e. The summed E-state index contributed by atoms with van der Waals surface area (Å²) in [5.74, 6) is 1.85. The van der Waals surface area contributed by atoms with Crippen LogP contribution in [0.2, 0.25) is 0 Å². The third-order valence-corrected chi connectivity index (χ3v) is 6.65. The van der Waals surface area contributed by atoms with Gasteiger partial charge in [-0.1, -0.05) is 6.07 Å². The summed E-state index contributed by atoms with van der Waals surface area (Å²) in [5, 5.41) is 14.4. The third kappa shape index (κ3) is 5.56. The van der Waals surface area contributed by atoms with E-state index in [2.05, 4.69) is 30.5 Å². The lowest BCUT2D eigenvalue weighted by molar-refractivity contribution is 0.582. The van der Waals surface area contributed by atoms with E-state index in [1.165, 1.54) is 12.0 Å². The number of aromatic nitrogens is 3. The molecule has 0 bridgehead atoms. The first kappa shape index (κ1) is 21.2. The molecule has 0 radical (unpaired) electrons. The number of benzene rings is 1. The predicted molar refractivity (Wildman–Crippen MR) is 121 cm³/mol. The van der Waals surface area contributed by atoms with Crippen molar-refractivity contribution < 1.29 is 8.42 Å². The van der Waals surface area contributed by atoms with Gasteiger partial charge in [-0.2, -0.15) is 0 Å². The molecule has 1 aromatic carbocycles. The number of anilines is 3. The summed E-state index contributed by atoms with van der Waals surface area (Å²) in [6, 6.07) is 12.9. The van der Waals surface area contributed by atoms with Crippen LogP contribution in [0.15, 0.2) is 53.6 Å². The lowest BCUT2D eigenvalue weighted by Crippen LogP contribution is -2.29. The average molecular weight is 439 g/mol. The van der Waals surface area contributed by atoms with Gasteiger partial charge in [0.2, 0.25) is 10.0 Å². The van der Waals surface area contributed by atoms with Crippen molar-refractivity contribution >= 4 is 27.5 Å². The van der Waals surface area contributed by atoms with Crippen LogP contribution < -0.4 is 15.4 Å². The van der Waals surface area contributed by atoms with E-state index < -0.39 is 10.0 Å². The van der Waals surface area contributed by atoms with Gasteiger partial charge in [-0.05, 0) is 85.7 Å². The first-order valence-electron chi connectivity index (χ1n) is 10.4. The number of sulfonamides is 1. The second kappa shape index (κ2) is 9.40. The van der Waals surface area contributed by atoms with E-state index >= 15 is 0 Å². The van der Waals surface area contributed by atoms with Crippen LogP contribution in [0.1, 0.15) is 29.5 Å². The van der Waals surface area contributed by atoms with Crippen LogP contribution >= 0.6 is 0 Å². The maximum atomic E-state index is 12.6. The average Bonchev–Trinajstić information content (AvgIpc) is 2.77. The Kier molecular flexibility index (Phi) is 6.43. The number of hydrogen-bond donors (Lipinski definition) is 3. The van der Waals surface area contributed by atoms with Crippen molar-refractivity contribution in [1.82, 2.24) is 19.9 Å². The SMILES string of the molecule is Cc1ccnc(Nc2ccc(NCCNS(=O)(=O)c3ccc4c(c3)CCCC4)nn2)c1. The molecule has 31 heavy (non-hydrogen) atoms. The molecular formula is C22H26N6O2S. The lowest BCUT2D eigenvalue weighted by Gasteiger charge is -2.16. The number of nitrogens with zero attached hydrogens (tertiary/aromatic N) is 3. The van der Waals surface area contributed by atoms with Gasteiger partial charge in [0.1, 0.15) is 11.6 Å². The van der Waals surface area contributed by atoms with E-state index in [0.717, 1.165) is 30.4 Å². The number of nitrogens with one attached hydrogen (secondary N) is 3. The highest BCUT2D eigenvalue weighted by molar-refractivity contribution is 7.89. The van der Waals surface area contributed by atoms with Gasteiger partial charge in [0.25, 0.3) is 0 Å². The monoisotopic (exact) mass is 438 g/mol. The Balaban J connectivity index is 1.27. The maximum absolute atomic E-state index is 12.6. The number of rotatable bonds is 8. The molecule has 162 valence electrons. The van der Waals surface area contributed by atoms with Crippen molar-refractivity contribution in [3.8, 4) is 0 Å². The molecule has 9 heteroatoms. The normalized spacial score (nSPS) is 13.5. The van der Waals surface area contributed by atoms with Crippen LogP contribution in [-0.4, -0.2) is 36.7 Å². The number of pyridine rings is 1. The van der Waals surface area contributed by atoms with Crippen LogP contribution in [-0.2, 0) is 22.9 Å². The molecule has 1 aliphatic carbocycles. The zero-order valence-electron chi connectivity index (χ0n) is 17.4. The fourth-order valence-corrected chi connectivity index (χ4v) is 4.65. The standard InChI is InChI=1S/C22H26N6O2S/c1-16-10-11-23-22(14-16)26-21-9-8-20(27-28-21)24-12-13-25-31(29,30)19-7-6-17-4-2-3-5-18(17)15-19/h6-11,14-15,25H,2-5,12-13H2,1H3,(H,24,27)(H,23,26,28). The van der Waals surface area contributed by atoms with Crippen LogP contribution in [0, 0.1) is 6.92 Å². The Bertz CT molecular complexity index is 1150. The van der Waals surface area contributed by atoms with E-state index in [1.807, 2.05) is 31.2 Å². The summed E-state index contributed by atoms with van der Waals surface area (Å²) >= 11 is 0. The van der Waals surface area contributed by atoms with Crippen molar-refractivity contribution in [2.75, 3.05) is 23.7 Å². The second-order valence-corrected chi connectivity index (χ2v) is 9.38. The Hall–Kier alpha value is -3.04. The first-order chi connectivity index (χ1) is 15.0. The molecule has 2 aromatic heterocycles. The van der Waals surface area contributed by atoms with Crippen molar-refractivity contribution in [2.24, 2.45) is 0 Å². The van der Waals surface area contributed by atoms with E-state index in [-0.39, 0.29) is 6.54 Å². The van der Waals surface area contributed by atoms with E-state index in [9.17, 15) is 8.42 Å². The summed E-state index contributed by atoms with van der Waals surface area (Å²) in [6.45, 7) is 2.63. The van der Waals surface area contributed by atoms with Crippen molar-refractivity contribution in [3.05, 3.63) is 65.4 Å². The minimum Gasteiger partial charge on any atom is -0.367 e. The van der Waals surface area contributed by atoms with Crippen LogP contribution in [0.4, 0.5) is 17.5 Å². The molecule has 8 nitrogen and oxygen atoms in total. The Labute approximate surface area is 182 Å². The van der Waals surface area contributed by atoms with E-state index in [1.54, 1.807) is 24.4 Å². The molecule has 0 unspecified atom stereocenters. The first-order valence-corrected chi connectivity index (χ1v) is 11.9. The molecule has 0 saturated heterocycles. The van der Waals surface area contributed by atoms with E-state index in [0.29, 0.717) is 28.9 Å². The van der Waals surface area contributed by atoms with Gasteiger partial charge in [0.15, 0.2) is 5.82 Å². The van der Waals surface area contributed by atoms with Gasteiger partial charge in [-0.3, -0.25) is 0 Å². The molecule has 0 atom stereocenters. The maximum Gasteiger partial charge on any atom is 0.240 e. The molecule has 2 heterocycles. The second-order valence-electron chi connectivity index (χ2n) is 7.61. The minimum atomic E-state index is -3.54. The molecule has 3 aromatic rings. The van der Waals surface area contributed by atoms with Gasteiger partial charge in [0, 0.05) is 19.3 Å². The summed E-state index contributed by atoms with van der Waals surface area (Å²) in [4.78, 5) is 4.56. The molecule has 0 fully saturated rings. The summed E-state index contributed by atoms with van der Waals surface area (Å²) in [6.07, 6.45) is 6.00. The molecular weight excluding hydrogens is 412 g/mol. The fourth-order valence-electron chi connectivity index (χ4n) is 3.57. The van der Waals surface area contributed by atoms with Gasteiger partial charge in [0.05, 0.1) is 4.90 Å². The number of fused-ring (bicyclic) bond motifs is 1. The summed E-state index contributed by atoms with van der Waals surface area (Å²) in [5.41, 5.74) is 3.51. The zero-order valence-corrected chi connectivity index (χ0v) is 18.2. The number of hydrogen-bond acceptors (Lipinski definition) is 7. The zero-order chi connectivity index (χ0) is 21.7. The van der Waals surface area contributed by atoms with Gasteiger partial charge >= 0.3 is 0 Å². The number of aryl methyl sites for hydroxylation is 3. The van der Waals surface area contributed by atoms with E-state index in [4.69, 9.17) is 0 Å². The lowest BCUT2D eigenvalue weighted by atomic mass is 9.92. The molecule has 0 amide bonds. The molecule has 0 spiro atoms. The summed E-state index contributed by atoms with van der Waals surface area (Å²) < 4.78 is 27.8. The third-order valence-electron chi connectivity index (χ3n) is 5.19. The molecule has 0 saturated carbocycles.